The van der Waals surface area contributed by atoms with Gasteiger partial charge in [-0.3, -0.25) is 4.79 Å². The maximum atomic E-state index is 10.7. The van der Waals surface area contributed by atoms with Crippen molar-refractivity contribution in [1.82, 2.24) is 10.3 Å². The second kappa shape index (κ2) is 4.28. The Labute approximate surface area is 92.7 Å². The molecule has 0 unspecified atom stereocenters. The summed E-state index contributed by atoms with van der Waals surface area (Å²) >= 11 is 1.61. The molecule has 1 saturated heterocycles. The van der Waals surface area contributed by atoms with Gasteiger partial charge in [-0.2, -0.15) is 0 Å². The molecule has 1 aromatic heterocycles. The lowest BCUT2D eigenvalue weighted by Gasteiger charge is -2.34. The molecule has 1 aliphatic heterocycles. The van der Waals surface area contributed by atoms with Crippen LogP contribution in [0.5, 0.6) is 0 Å². The van der Waals surface area contributed by atoms with Crippen molar-refractivity contribution in [3.05, 3.63) is 16.1 Å². The van der Waals surface area contributed by atoms with Gasteiger partial charge in [-0.1, -0.05) is 0 Å². The minimum Gasteiger partial charge on any atom is -0.381 e. The van der Waals surface area contributed by atoms with E-state index in [-0.39, 0.29) is 5.54 Å². The fourth-order valence-corrected chi connectivity index (χ4v) is 2.85. The van der Waals surface area contributed by atoms with Crippen LogP contribution in [0, 0.1) is 6.92 Å². The molecule has 0 aromatic carbocycles. The molecule has 0 atom stereocenters. The number of hydrogen-bond acceptors (Lipinski definition) is 4. The van der Waals surface area contributed by atoms with Crippen molar-refractivity contribution in [1.29, 1.82) is 0 Å². The third-order valence-electron chi connectivity index (χ3n) is 2.71. The lowest BCUT2D eigenvalue weighted by molar-refractivity contribution is -0.112. The highest BCUT2D eigenvalue weighted by molar-refractivity contribution is 7.09. The average Bonchev–Trinajstić information content (AvgIpc) is 2.67. The first-order chi connectivity index (χ1) is 7.27. The van der Waals surface area contributed by atoms with Gasteiger partial charge in [-0.05, 0) is 6.92 Å². The second-order valence-electron chi connectivity index (χ2n) is 3.75. The quantitative estimate of drug-likeness (QED) is 0.788. The fourth-order valence-electron chi connectivity index (χ4n) is 1.83. The summed E-state index contributed by atoms with van der Waals surface area (Å²) in [5, 5.41) is 5.92. The molecular formula is C10H14N2O2S. The van der Waals surface area contributed by atoms with Crippen molar-refractivity contribution in [2.75, 3.05) is 13.2 Å². The molecule has 1 aliphatic rings. The highest BCUT2D eigenvalue weighted by atomic mass is 32.1. The summed E-state index contributed by atoms with van der Waals surface area (Å²) in [5.41, 5.74) is 0.715. The maximum absolute atomic E-state index is 10.7. The molecule has 1 N–H and O–H groups in total. The zero-order valence-corrected chi connectivity index (χ0v) is 9.47. The van der Waals surface area contributed by atoms with Gasteiger partial charge in [-0.15, -0.1) is 11.3 Å². The summed E-state index contributed by atoms with van der Waals surface area (Å²) in [5.74, 6) is 0. The molecule has 0 spiro atoms. The minimum atomic E-state index is -0.293. The number of amides is 1. The van der Waals surface area contributed by atoms with E-state index in [1.54, 1.807) is 11.3 Å². The van der Waals surface area contributed by atoms with Gasteiger partial charge >= 0.3 is 0 Å². The van der Waals surface area contributed by atoms with Crippen LogP contribution in [0.2, 0.25) is 0 Å². The van der Waals surface area contributed by atoms with Crippen LogP contribution in [-0.2, 0) is 15.1 Å². The predicted molar refractivity (Wildman–Crippen MR) is 57.8 cm³/mol. The molecule has 0 radical (unpaired) electrons. The van der Waals surface area contributed by atoms with Crippen LogP contribution in [0.4, 0.5) is 0 Å². The Morgan fingerprint density at radius 3 is 2.87 bits per heavy atom. The normalized spacial score (nSPS) is 19.8. The average molecular weight is 226 g/mol. The Hall–Kier alpha value is -0.940. The molecule has 1 aromatic rings. The smallest absolute Gasteiger partial charge is 0.207 e. The van der Waals surface area contributed by atoms with Crippen molar-refractivity contribution in [3.63, 3.8) is 0 Å². The first kappa shape index (κ1) is 10.6. The number of nitrogens with one attached hydrogen (secondary N) is 1. The molecule has 4 nitrogen and oxygen atoms in total. The van der Waals surface area contributed by atoms with Gasteiger partial charge in [0.2, 0.25) is 6.41 Å². The Morgan fingerprint density at radius 1 is 1.60 bits per heavy atom. The molecule has 2 rings (SSSR count). The number of carbonyl (C=O) groups excluding carboxylic acids is 1. The SMILES string of the molecule is Cc1csc(C2(NC=O)CCOCC2)n1. The molecule has 1 fully saturated rings. The lowest BCUT2D eigenvalue weighted by atomic mass is 9.91. The van der Waals surface area contributed by atoms with E-state index in [2.05, 4.69) is 10.3 Å². The van der Waals surface area contributed by atoms with Crippen molar-refractivity contribution in [3.8, 4) is 0 Å². The van der Waals surface area contributed by atoms with E-state index in [0.29, 0.717) is 13.2 Å². The topological polar surface area (TPSA) is 51.2 Å². The summed E-state index contributed by atoms with van der Waals surface area (Å²) in [7, 11) is 0. The minimum absolute atomic E-state index is 0.293. The van der Waals surface area contributed by atoms with Crippen molar-refractivity contribution >= 4 is 17.7 Å². The van der Waals surface area contributed by atoms with E-state index in [1.807, 2.05) is 12.3 Å². The molecule has 82 valence electrons. The van der Waals surface area contributed by atoms with Gasteiger partial charge in [0.05, 0.1) is 5.54 Å². The maximum Gasteiger partial charge on any atom is 0.207 e. The highest BCUT2D eigenvalue weighted by Crippen LogP contribution is 2.33. The van der Waals surface area contributed by atoms with Crippen LogP contribution in [-0.4, -0.2) is 24.6 Å². The number of aryl methyl sites for hydroxylation is 1. The Balaban J connectivity index is 2.28. The Morgan fingerprint density at radius 2 is 2.33 bits per heavy atom. The molecule has 5 heteroatoms. The van der Waals surface area contributed by atoms with Gasteiger partial charge < -0.3 is 10.1 Å². The first-order valence-electron chi connectivity index (χ1n) is 4.98. The van der Waals surface area contributed by atoms with E-state index in [0.717, 1.165) is 30.0 Å². The van der Waals surface area contributed by atoms with Crippen LogP contribution in [0.3, 0.4) is 0 Å². The van der Waals surface area contributed by atoms with Gasteiger partial charge in [-0.25, -0.2) is 4.98 Å². The van der Waals surface area contributed by atoms with E-state index < -0.39 is 0 Å². The molecular weight excluding hydrogens is 212 g/mol. The lowest BCUT2D eigenvalue weighted by Crippen LogP contribution is -2.46. The van der Waals surface area contributed by atoms with Crippen molar-refractivity contribution in [2.45, 2.75) is 25.3 Å². The molecule has 0 bridgehead atoms. The van der Waals surface area contributed by atoms with Crippen LogP contribution >= 0.6 is 11.3 Å². The first-order valence-corrected chi connectivity index (χ1v) is 5.86. The van der Waals surface area contributed by atoms with Crippen LogP contribution in [0.25, 0.3) is 0 Å². The third kappa shape index (κ3) is 2.03. The van der Waals surface area contributed by atoms with E-state index in [9.17, 15) is 4.79 Å². The van der Waals surface area contributed by atoms with Crippen molar-refractivity contribution < 1.29 is 9.53 Å². The van der Waals surface area contributed by atoms with Gasteiger partial charge in [0.1, 0.15) is 5.01 Å². The third-order valence-corrected chi connectivity index (χ3v) is 3.87. The molecule has 1 amide bonds. The van der Waals surface area contributed by atoms with E-state index >= 15 is 0 Å². The van der Waals surface area contributed by atoms with Gasteiger partial charge in [0.15, 0.2) is 0 Å². The van der Waals surface area contributed by atoms with Crippen molar-refractivity contribution in [2.24, 2.45) is 0 Å². The zero-order valence-electron chi connectivity index (χ0n) is 8.66. The van der Waals surface area contributed by atoms with Gasteiger partial charge in [0, 0.05) is 37.1 Å². The number of hydrogen-bond donors (Lipinski definition) is 1. The molecule has 15 heavy (non-hydrogen) atoms. The summed E-state index contributed by atoms with van der Waals surface area (Å²) < 4.78 is 5.32. The highest BCUT2D eigenvalue weighted by Gasteiger charge is 2.36. The van der Waals surface area contributed by atoms with E-state index in [4.69, 9.17) is 4.74 Å². The number of nitrogens with zero attached hydrogens (tertiary/aromatic N) is 1. The molecule has 0 saturated carbocycles. The Kier molecular flexibility index (Phi) is 3.02. The predicted octanol–water partition coefficient (Wildman–Crippen LogP) is 1.20. The summed E-state index contributed by atoms with van der Waals surface area (Å²) in [6.45, 7) is 3.33. The number of rotatable bonds is 3. The second-order valence-corrected chi connectivity index (χ2v) is 4.61. The zero-order chi connectivity index (χ0) is 10.7. The number of aromatic nitrogens is 1. The number of carbonyl (C=O) groups is 1. The monoisotopic (exact) mass is 226 g/mol. The summed E-state index contributed by atoms with van der Waals surface area (Å²) in [6.07, 6.45) is 2.37. The number of ether oxygens (including phenoxy) is 1. The van der Waals surface area contributed by atoms with Crippen LogP contribution in [0.15, 0.2) is 5.38 Å². The number of thiazole rings is 1. The summed E-state index contributed by atoms with van der Waals surface area (Å²) in [6, 6.07) is 0. The largest absolute Gasteiger partial charge is 0.381 e. The Bertz CT molecular complexity index is 345. The molecule has 0 aliphatic carbocycles. The van der Waals surface area contributed by atoms with Crippen LogP contribution < -0.4 is 5.32 Å². The standard InChI is InChI=1S/C10H14N2O2S/c1-8-6-15-9(12-8)10(11-7-13)2-4-14-5-3-10/h6-7H,2-5H2,1H3,(H,11,13). The van der Waals surface area contributed by atoms with E-state index in [1.165, 1.54) is 0 Å². The fraction of sp³-hybridized carbons (Fsp3) is 0.600. The van der Waals surface area contributed by atoms with Gasteiger partial charge in [0.25, 0.3) is 0 Å². The summed E-state index contributed by atoms with van der Waals surface area (Å²) in [4.78, 5) is 15.2. The van der Waals surface area contributed by atoms with Crippen LogP contribution in [0.1, 0.15) is 23.5 Å². The molecule has 2 heterocycles.